The van der Waals surface area contributed by atoms with E-state index in [1.54, 1.807) is 6.08 Å². The number of hydrogen-bond donors (Lipinski definition) is 5. The number of carboxylic acid groups (broad SMARTS) is 2. The van der Waals surface area contributed by atoms with Gasteiger partial charge in [0, 0.05) is 13.0 Å². The van der Waals surface area contributed by atoms with Crippen LogP contribution < -0.4 is 10.6 Å². The van der Waals surface area contributed by atoms with Crippen LogP contribution in [0.4, 0.5) is 13.2 Å². The van der Waals surface area contributed by atoms with E-state index in [1.165, 1.54) is 6.92 Å². The van der Waals surface area contributed by atoms with Gasteiger partial charge in [0.05, 0.1) is 12.1 Å². The van der Waals surface area contributed by atoms with Crippen molar-refractivity contribution in [1.82, 2.24) is 10.6 Å². The molecule has 8 nitrogen and oxygen atoms in total. The van der Waals surface area contributed by atoms with Gasteiger partial charge in [-0.15, -0.1) is 6.58 Å². The number of carbonyl (C=O) groups is 3. The third-order valence-electron chi connectivity index (χ3n) is 4.01. The number of alkyl halides is 3. The molecule has 1 aliphatic heterocycles. The maximum Gasteiger partial charge on any atom is 0.490 e. The van der Waals surface area contributed by atoms with Crippen LogP contribution in [0.5, 0.6) is 0 Å². The molecule has 0 bridgehead atoms. The molecule has 1 aliphatic rings. The highest BCUT2D eigenvalue weighted by atomic mass is 19.4. The zero-order valence-corrected chi connectivity index (χ0v) is 15.2. The number of carbonyl (C=O) groups excluding carboxylic acids is 1. The lowest BCUT2D eigenvalue weighted by Crippen LogP contribution is -2.57. The topological polar surface area (TPSA) is 136 Å². The van der Waals surface area contributed by atoms with Crippen molar-refractivity contribution in [2.45, 2.75) is 57.6 Å². The fourth-order valence-electron chi connectivity index (χ4n) is 2.66. The Morgan fingerprint density at radius 2 is 1.74 bits per heavy atom. The zero-order valence-electron chi connectivity index (χ0n) is 15.2. The lowest BCUT2D eigenvalue weighted by molar-refractivity contribution is -0.192. The monoisotopic (exact) mass is 398 g/mol. The maximum atomic E-state index is 11.4. The van der Waals surface area contributed by atoms with Crippen molar-refractivity contribution in [3.05, 3.63) is 12.7 Å². The van der Waals surface area contributed by atoms with E-state index in [0.717, 1.165) is 0 Å². The van der Waals surface area contributed by atoms with Crippen LogP contribution in [-0.4, -0.2) is 63.6 Å². The van der Waals surface area contributed by atoms with Gasteiger partial charge in [0.2, 0.25) is 5.91 Å². The maximum absolute atomic E-state index is 11.4. The van der Waals surface area contributed by atoms with Crippen LogP contribution in [0.1, 0.15) is 27.2 Å². The number of aliphatic carboxylic acids is 2. The van der Waals surface area contributed by atoms with E-state index in [4.69, 9.17) is 15.0 Å². The van der Waals surface area contributed by atoms with Crippen LogP contribution in [0.15, 0.2) is 12.7 Å². The smallest absolute Gasteiger partial charge is 0.480 e. The molecule has 0 aromatic carbocycles. The molecule has 0 aromatic rings. The van der Waals surface area contributed by atoms with Crippen LogP contribution in [-0.2, 0) is 14.4 Å². The fraction of sp³-hybridized carbons (Fsp3) is 0.688. The van der Waals surface area contributed by atoms with Crippen LogP contribution in [0.3, 0.4) is 0 Å². The largest absolute Gasteiger partial charge is 0.490 e. The molecule has 5 atom stereocenters. The average Bonchev–Trinajstić information content (AvgIpc) is 2.95. The first-order chi connectivity index (χ1) is 12.2. The van der Waals surface area contributed by atoms with E-state index in [0.29, 0.717) is 6.42 Å². The summed E-state index contributed by atoms with van der Waals surface area (Å²) in [6.07, 6.45) is -3.75. The molecule has 1 amide bonds. The number of amides is 1. The van der Waals surface area contributed by atoms with Crippen molar-refractivity contribution >= 4 is 17.8 Å². The second kappa shape index (κ2) is 10.3. The molecule has 1 rings (SSSR count). The molecule has 0 unspecified atom stereocenters. The molecule has 0 saturated carbocycles. The van der Waals surface area contributed by atoms with Gasteiger partial charge < -0.3 is 20.6 Å². The first kappa shape index (κ1) is 24.9. The molecule has 11 heteroatoms. The van der Waals surface area contributed by atoms with Crippen molar-refractivity contribution in [3.63, 3.8) is 0 Å². The Labute approximate surface area is 154 Å². The van der Waals surface area contributed by atoms with Crippen molar-refractivity contribution in [2.24, 2.45) is 11.8 Å². The van der Waals surface area contributed by atoms with Gasteiger partial charge in [-0.1, -0.05) is 19.9 Å². The molecule has 156 valence electrons. The van der Waals surface area contributed by atoms with Crippen LogP contribution >= 0.6 is 0 Å². The molecule has 0 radical (unpaired) electrons. The van der Waals surface area contributed by atoms with Crippen LogP contribution in [0, 0.1) is 11.8 Å². The summed E-state index contributed by atoms with van der Waals surface area (Å²) in [6, 6.07) is -1.56. The normalized spacial score (nSPS) is 24.4. The number of nitrogens with one attached hydrogen (secondary N) is 2. The van der Waals surface area contributed by atoms with Gasteiger partial charge in [-0.2, -0.15) is 13.2 Å². The lowest BCUT2D eigenvalue weighted by Gasteiger charge is -2.33. The molecular formula is C16H25F3N2O6. The Balaban J connectivity index is 0.000000821. The number of aliphatic hydroxyl groups excluding tert-OH is 1. The Morgan fingerprint density at radius 1 is 1.26 bits per heavy atom. The number of aliphatic hydroxyl groups is 1. The van der Waals surface area contributed by atoms with Gasteiger partial charge >= 0.3 is 18.1 Å². The molecule has 27 heavy (non-hydrogen) atoms. The standard InChI is InChI=1S/C14H24N2O4.C2HF3O2/c1-5-9-6-10(14(19)20)16-11(9)12(15-8(4)17)13(18)7(2)3;3-2(4,5)1(6)7/h5,7,9-13,16,18H,1,6H2,2-4H3,(H,15,17)(H,19,20);(H,6,7)/t9-,10-,11-,12-,13-;/m1./s1. The van der Waals surface area contributed by atoms with Gasteiger partial charge in [0.15, 0.2) is 0 Å². The van der Waals surface area contributed by atoms with Gasteiger partial charge in [0.25, 0.3) is 0 Å². The van der Waals surface area contributed by atoms with E-state index in [-0.39, 0.29) is 23.8 Å². The molecule has 1 fully saturated rings. The van der Waals surface area contributed by atoms with Gasteiger partial charge in [-0.3, -0.25) is 14.9 Å². The summed E-state index contributed by atoms with van der Waals surface area (Å²) in [7, 11) is 0. The van der Waals surface area contributed by atoms with E-state index in [1.807, 2.05) is 13.8 Å². The summed E-state index contributed by atoms with van der Waals surface area (Å²) in [5.41, 5.74) is 0. The minimum absolute atomic E-state index is 0.0528. The van der Waals surface area contributed by atoms with Gasteiger partial charge in [-0.25, -0.2) is 4.79 Å². The van der Waals surface area contributed by atoms with Gasteiger partial charge in [0.1, 0.15) is 6.04 Å². The number of halogens is 3. The first-order valence-electron chi connectivity index (χ1n) is 8.09. The van der Waals surface area contributed by atoms with Crippen molar-refractivity contribution < 1.29 is 42.9 Å². The minimum atomic E-state index is -5.08. The van der Waals surface area contributed by atoms with Crippen molar-refractivity contribution in [2.75, 3.05) is 0 Å². The molecule has 5 N–H and O–H groups in total. The van der Waals surface area contributed by atoms with Gasteiger partial charge in [-0.05, 0) is 18.3 Å². The predicted octanol–water partition coefficient (Wildman–Crippen LogP) is 0.759. The van der Waals surface area contributed by atoms with Crippen LogP contribution in [0.2, 0.25) is 0 Å². The number of rotatable bonds is 6. The summed E-state index contributed by atoms with van der Waals surface area (Å²) >= 11 is 0. The second-order valence-electron chi connectivity index (χ2n) is 6.48. The minimum Gasteiger partial charge on any atom is -0.480 e. The summed E-state index contributed by atoms with van der Waals surface area (Å²) < 4.78 is 31.7. The summed E-state index contributed by atoms with van der Waals surface area (Å²) in [6.45, 7) is 8.81. The van der Waals surface area contributed by atoms with E-state index in [2.05, 4.69) is 17.2 Å². The highest BCUT2D eigenvalue weighted by Gasteiger charge is 2.43. The van der Waals surface area contributed by atoms with Crippen molar-refractivity contribution in [1.29, 1.82) is 0 Å². The Morgan fingerprint density at radius 3 is 2.04 bits per heavy atom. The first-order valence-corrected chi connectivity index (χ1v) is 8.09. The highest BCUT2D eigenvalue weighted by molar-refractivity contribution is 5.75. The van der Waals surface area contributed by atoms with Crippen LogP contribution in [0.25, 0.3) is 0 Å². The third-order valence-corrected chi connectivity index (χ3v) is 4.01. The third kappa shape index (κ3) is 7.95. The predicted molar refractivity (Wildman–Crippen MR) is 88.8 cm³/mol. The Bertz CT molecular complexity index is 553. The molecule has 0 spiro atoms. The molecule has 0 aromatic heterocycles. The average molecular weight is 398 g/mol. The molecule has 0 aliphatic carbocycles. The molecular weight excluding hydrogens is 373 g/mol. The lowest BCUT2D eigenvalue weighted by atomic mass is 9.87. The van der Waals surface area contributed by atoms with E-state index in [9.17, 15) is 27.9 Å². The summed E-state index contributed by atoms with van der Waals surface area (Å²) in [4.78, 5) is 31.4. The molecule has 1 saturated heterocycles. The number of hydrogen-bond acceptors (Lipinski definition) is 5. The quantitative estimate of drug-likeness (QED) is 0.417. The number of carboxylic acids is 2. The SMILES string of the molecule is C=C[C@@H]1C[C@H](C(=O)O)N[C@H]1[C@@H](NC(C)=O)[C@H](O)C(C)C.O=C(O)C(F)(F)F. The van der Waals surface area contributed by atoms with E-state index < -0.39 is 36.3 Å². The fourth-order valence-corrected chi connectivity index (χ4v) is 2.66. The second-order valence-corrected chi connectivity index (χ2v) is 6.48. The molecule has 1 heterocycles. The Kier molecular flexibility index (Phi) is 9.45. The highest BCUT2D eigenvalue weighted by Crippen LogP contribution is 2.27. The summed E-state index contributed by atoms with van der Waals surface area (Å²) in [5.74, 6) is -4.10. The zero-order chi connectivity index (χ0) is 21.5. The van der Waals surface area contributed by atoms with E-state index >= 15 is 0 Å². The van der Waals surface area contributed by atoms with Crippen molar-refractivity contribution in [3.8, 4) is 0 Å². The summed E-state index contributed by atoms with van der Waals surface area (Å²) in [5, 5.41) is 32.3. The Hall–Kier alpha value is -2.14.